The number of aromatic nitrogens is 1. The van der Waals surface area contributed by atoms with E-state index in [-0.39, 0.29) is 6.04 Å². The number of benzene rings is 1. The van der Waals surface area contributed by atoms with Crippen molar-refractivity contribution in [1.82, 2.24) is 10.3 Å². The third-order valence-corrected chi connectivity index (χ3v) is 4.89. The summed E-state index contributed by atoms with van der Waals surface area (Å²) < 4.78 is 0. The van der Waals surface area contributed by atoms with E-state index in [0.29, 0.717) is 16.0 Å². The second-order valence-electron chi connectivity index (χ2n) is 4.54. The minimum atomic E-state index is 0.161. The first kappa shape index (κ1) is 14.8. The third-order valence-electron chi connectivity index (χ3n) is 3.05. The van der Waals surface area contributed by atoms with Crippen molar-refractivity contribution in [2.45, 2.75) is 25.8 Å². The smallest absolute Gasteiger partial charge is 0.0965 e. The van der Waals surface area contributed by atoms with Gasteiger partial charge in [-0.1, -0.05) is 42.3 Å². The third kappa shape index (κ3) is 3.69. The van der Waals surface area contributed by atoms with Crippen LogP contribution in [0.1, 0.15) is 36.4 Å². The zero-order valence-electron chi connectivity index (χ0n) is 10.9. The lowest BCUT2D eigenvalue weighted by molar-refractivity contribution is 0.536. The number of hydrogen-bond acceptors (Lipinski definition) is 3. The van der Waals surface area contributed by atoms with Crippen molar-refractivity contribution in [3.05, 3.63) is 50.4 Å². The van der Waals surface area contributed by atoms with Crippen molar-refractivity contribution in [3.63, 3.8) is 0 Å². The Morgan fingerprint density at radius 2 is 2.11 bits per heavy atom. The monoisotopic (exact) mass is 314 g/mol. The Morgan fingerprint density at radius 1 is 1.32 bits per heavy atom. The maximum atomic E-state index is 6.22. The molecule has 5 heteroatoms. The van der Waals surface area contributed by atoms with Gasteiger partial charge < -0.3 is 5.32 Å². The molecule has 2 rings (SSSR count). The molecule has 19 heavy (non-hydrogen) atoms. The highest BCUT2D eigenvalue weighted by Crippen LogP contribution is 2.30. The molecule has 0 aliphatic rings. The van der Waals surface area contributed by atoms with Gasteiger partial charge in [-0.05, 0) is 18.6 Å². The summed E-state index contributed by atoms with van der Waals surface area (Å²) in [5.41, 5.74) is 1.03. The van der Waals surface area contributed by atoms with Gasteiger partial charge >= 0.3 is 0 Å². The van der Waals surface area contributed by atoms with Gasteiger partial charge in [0.2, 0.25) is 0 Å². The number of nitrogens with one attached hydrogen (secondary N) is 1. The Balaban J connectivity index is 1.98. The average Bonchev–Trinajstić information content (AvgIpc) is 2.93. The van der Waals surface area contributed by atoms with Gasteiger partial charge in [-0.25, -0.2) is 4.98 Å². The van der Waals surface area contributed by atoms with E-state index in [0.717, 1.165) is 17.1 Å². The molecule has 0 aliphatic heterocycles. The molecule has 0 radical (unpaired) electrons. The minimum Gasteiger partial charge on any atom is -0.309 e. The van der Waals surface area contributed by atoms with E-state index in [4.69, 9.17) is 23.2 Å². The summed E-state index contributed by atoms with van der Waals surface area (Å²) in [7, 11) is 0. The fourth-order valence-electron chi connectivity index (χ4n) is 1.88. The second-order valence-corrected chi connectivity index (χ2v) is 6.26. The first-order valence-corrected chi connectivity index (χ1v) is 7.80. The molecule has 0 aliphatic carbocycles. The van der Waals surface area contributed by atoms with Crippen LogP contribution in [0, 0.1) is 0 Å². The van der Waals surface area contributed by atoms with Crippen LogP contribution in [-0.2, 0) is 0 Å². The molecule has 1 aromatic carbocycles. The van der Waals surface area contributed by atoms with E-state index < -0.39 is 0 Å². The Bertz CT molecular complexity index is 528. The minimum absolute atomic E-state index is 0.161. The molecule has 0 amide bonds. The normalized spacial score (nSPS) is 14.3. The SMILES string of the molecule is CC(CNC(C)c1cccc(Cl)c1Cl)c1nccs1. The number of nitrogens with zero attached hydrogens (tertiary/aromatic N) is 1. The summed E-state index contributed by atoms with van der Waals surface area (Å²) in [6, 6.07) is 5.89. The molecule has 2 unspecified atom stereocenters. The molecule has 0 spiro atoms. The summed E-state index contributed by atoms with van der Waals surface area (Å²) in [6.45, 7) is 5.11. The predicted octanol–water partition coefficient (Wildman–Crippen LogP) is 4.90. The van der Waals surface area contributed by atoms with Crippen LogP contribution in [0.5, 0.6) is 0 Å². The number of hydrogen-bond donors (Lipinski definition) is 1. The maximum Gasteiger partial charge on any atom is 0.0965 e. The van der Waals surface area contributed by atoms with Gasteiger partial charge in [-0.15, -0.1) is 11.3 Å². The fraction of sp³-hybridized carbons (Fsp3) is 0.357. The highest BCUT2D eigenvalue weighted by atomic mass is 35.5. The van der Waals surface area contributed by atoms with Crippen molar-refractivity contribution in [3.8, 4) is 0 Å². The first-order valence-electron chi connectivity index (χ1n) is 6.16. The quantitative estimate of drug-likeness (QED) is 0.848. The highest BCUT2D eigenvalue weighted by molar-refractivity contribution is 7.09. The van der Waals surface area contributed by atoms with Gasteiger partial charge in [-0.2, -0.15) is 0 Å². The van der Waals surface area contributed by atoms with E-state index in [9.17, 15) is 0 Å². The van der Waals surface area contributed by atoms with Crippen LogP contribution in [0.25, 0.3) is 0 Å². The first-order chi connectivity index (χ1) is 9.09. The van der Waals surface area contributed by atoms with Crippen LogP contribution in [0.4, 0.5) is 0 Å². The van der Waals surface area contributed by atoms with Crippen LogP contribution in [-0.4, -0.2) is 11.5 Å². The van der Waals surface area contributed by atoms with E-state index >= 15 is 0 Å². The van der Waals surface area contributed by atoms with Crippen molar-refractivity contribution in [2.24, 2.45) is 0 Å². The second kappa shape index (κ2) is 6.71. The molecule has 102 valence electrons. The van der Waals surface area contributed by atoms with E-state index in [2.05, 4.69) is 24.1 Å². The van der Waals surface area contributed by atoms with E-state index in [1.54, 1.807) is 17.4 Å². The summed E-state index contributed by atoms with van der Waals surface area (Å²) in [6.07, 6.45) is 1.84. The number of rotatable bonds is 5. The van der Waals surface area contributed by atoms with Gasteiger partial charge in [0.1, 0.15) is 0 Å². The molecule has 0 saturated heterocycles. The molecule has 0 bridgehead atoms. The summed E-state index contributed by atoms with van der Waals surface area (Å²) in [4.78, 5) is 4.33. The average molecular weight is 315 g/mol. The van der Waals surface area contributed by atoms with Crippen LogP contribution in [0.15, 0.2) is 29.8 Å². The molecule has 1 N–H and O–H groups in total. The number of halogens is 2. The van der Waals surface area contributed by atoms with Crippen LogP contribution in [0.3, 0.4) is 0 Å². The van der Waals surface area contributed by atoms with Crippen LogP contribution >= 0.6 is 34.5 Å². The molecule has 0 fully saturated rings. The molecule has 2 atom stereocenters. The topological polar surface area (TPSA) is 24.9 Å². The molecule has 1 aromatic heterocycles. The Morgan fingerprint density at radius 3 is 2.79 bits per heavy atom. The van der Waals surface area contributed by atoms with E-state index in [1.165, 1.54) is 0 Å². The number of thiazole rings is 1. The zero-order chi connectivity index (χ0) is 13.8. The molecular formula is C14H16Cl2N2S. The Kier molecular flexibility index (Phi) is 5.22. The van der Waals surface area contributed by atoms with Gasteiger partial charge in [0.15, 0.2) is 0 Å². The standard InChI is InChI=1S/C14H16Cl2N2S/c1-9(14-17-6-7-19-14)8-18-10(2)11-4-3-5-12(15)13(11)16/h3-7,9-10,18H,8H2,1-2H3. The van der Waals surface area contributed by atoms with Gasteiger partial charge in [-0.3, -0.25) is 0 Å². The van der Waals surface area contributed by atoms with Crippen LogP contribution in [0.2, 0.25) is 10.0 Å². The van der Waals surface area contributed by atoms with Crippen molar-refractivity contribution in [1.29, 1.82) is 0 Å². The summed E-state index contributed by atoms with van der Waals surface area (Å²) >= 11 is 13.9. The fourth-order valence-corrected chi connectivity index (χ4v) is 3.05. The molecule has 0 saturated carbocycles. The van der Waals surface area contributed by atoms with Crippen molar-refractivity contribution in [2.75, 3.05) is 6.54 Å². The van der Waals surface area contributed by atoms with Gasteiger partial charge in [0.05, 0.1) is 15.1 Å². The Labute approximate surface area is 127 Å². The highest BCUT2D eigenvalue weighted by Gasteiger charge is 2.14. The largest absolute Gasteiger partial charge is 0.309 e. The molecule has 2 nitrogen and oxygen atoms in total. The molecular weight excluding hydrogens is 299 g/mol. The zero-order valence-corrected chi connectivity index (χ0v) is 13.2. The lowest BCUT2D eigenvalue weighted by Crippen LogP contribution is -2.23. The van der Waals surface area contributed by atoms with Gasteiger partial charge in [0, 0.05) is 30.1 Å². The lowest BCUT2D eigenvalue weighted by atomic mass is 10.1. The Hall–Kier alpha value is -0.610. The summed E-state index contributed by atoms with van der Waals surface area (Å²) in [5.74, 6) is 0.389. The van der Waals surface area contributed by atoms with E-state index in [1.807, 2.05) is 23.7 Å². The summed E-state index contributed by atoms with van der Waals surface area (Å²) in [5, 5.41) is 7.86. The molecule has 1 heterocycles. The maximum absolute atomic E-state index is 6.22. The van der Waals surface area contributed by atoms with Crippen molar-refractivity contribution >= 4 is 34.5 Å². The molecule has 2 aromatic rings. The van der Waals surface area contributed by atoms with Crippen molar-refractivity contribution < 1.29 is 0 Å². The predicted molar refractivity (Wildman–Crippen MR) is 83.4 cm³/mol. The van der Waals surface area contributed by atoms with Crippen LogP contribution < -0.4 is 5.32 Å². The lowest BCUT2D eigenvalue weighted by Gasteiger charge is -2.18. The van der Waals surface area contributed by atoms with Gasteiger partial charge in [0.25, 0.3) is 0 Å².